The molecule has 0 saturated carbocycles. The first-order valence-electron chi connectivity index (χ1n) is 7.79. The van der Waals surface area contributed by atoms with Gasteiger partial charge in [0.1, 0.15) is 12.9 Å². The fourth-order valence-corrected chi connectivity index (χ4v) is 2.76. The molecule has 130 valence electrons. The van der Waals surface area contributed by atoms with Gasteiger partial charge < -0.3 is 14.8 Å². The van der Waals surface area contributed by atoms with E-state index in [1.54, 1.807) is 7.11 Å². The van der Waals surface area contributed by atoms with Crippen molar-refractivity contribution in [2.24, 2.45) is 0 Å². The zero-order chi connectivity index (χ0) is 17.6. The van der Waals surface area contributed by atoms with Crippen LogP contribution in [0.3, 0.4) is 0 Å². The molecular formula is C18H19BrN4O2. The minimum Gasteiger partial charge on any atom is -0.493 e. The maximum absolute atomic E-state index is 5.94. The molecule has 0 atom stereocenters. The van der Waals surface area contributed by atoms with Crippen molar-refractivity contribution in [3.05, 3.63) is 63.9 Å². The number of methoxy groups -OCH3 is 1. The number of anilines is 1. The second kappa shape index (κ2) is 8.02. The molecule has 1 heterocycles. The summed E-state index contributed by atoms with van der Waals surface area (Å²) in [6.07, 6.45) is 1.46. The highest BCUT2D eigenvalue weighted by atomic mass is 79.9. The third-order valence-corrected chi connectivity index (χ3v) is 4.45. The van der Waals surface area contributed by atoms with E-state index in [1.807, 2.05) is 12.1 Å². The minimum atomic E-state index is 0.485. The lowest BCUT2D eigenvalue weighted by molar-refractivity contribution is 0.284. The highest BCUT2D eigenvalue weighted by Crippen LogP contribution is 2.34. The number of benzene rings is 2. The molecule has 0 unspecified atom stereocenters. The number of ether oxygens (including phenoxy) is 2. The van der Waals surface area contributed by atoms with Crippen LogP contribution in [0, 0.1) is 6.92 Å². The van der Waals surface area contributed by atoms with E-state index in [-0.39, 0.29) is 0 Å². The maximum atomic E-state index is 5.94. The van der Waals surface area contributed by atoms with Crippen LogP contribution in [-0.2, 0) is 13.2 Å². The van der Waals surface area contributed by atoms with Crippen LogP contribution in [0.4, 0.5) is 5.95 Å². The van der Waals surface area contributed by atoms with Crippen molar-refractivity contribution < 1.29 is 9.47 Å². The van der Waals surface area contributed by atoms with Gasteiger partial charge in [0.2, 0.25) is 5.95 Å². The van der Waals surface area contributed by atoms with Crippen molar-refractivity contribution in [3.63, 3.8) is 0 Å². The molecule has 0 aliphatic heterocycles. The van der Waals surface area contributed by atoms with Gasteiger partial charge in [0.25, 0.3) is 0 Å². The van der Waals surface area contributed by atoms with Crippen LogP contribution in [0.1, 0.15) is 16.7 Å². The van der Waals surface area contributed by atoms with E-state index in [4.69, 9.17) is 9.47 Å². The summed E-state index contributed by atoms with van der Waals surface area (Å²) >= 11 is 3.59. The number of halogens is 1. The number of aryl methyl sites for hydroxylation is 1. The van der Waals surface area contributed by atoms with E-state index in [0.717, 1.165) is 15.6 Å². The monoisotopic (exact) mass is 402 g/mol. The predicted octanol–water partition coefficient (Wildman–Crippen LogP) is 4.08. The number of nitrogens with one attached hydrogen (secondary N) is 2. The summed E-state index contributed by atoms with van der Waals surface area (Å²) in [7, 11) is 1.63. The first-order chi connectivity index (χ1) is 12.2. The smallest absolute Gasteiger partial charge is 0.218 e. The highest BCUT2D eigenvalue weighted by Gasteiger charge is 2.11. The number of hydrogen-bond acceptors (Lipinski definition) is 5. The zero-order valence-corrected chi connectivity index (χ0v) is 15.6. The molecule has 0 bridgehead atoms. The number of aromatic nitrogens is 3. The lowest BCUT2D eigenvalue weighted by atomic mass is 10.1. The van der Waals surface area contributed by atoms with Crippen LogP contribution in [-0.4, -0.2) is 22.3 Å². The molecule has 0 fully saturated rings. The Morgan fingerprint density at radius 1 is 1.16 bits per heavy atom. The third kappa shape index (κ3) is 4.51. The average molecular weight is 403 g/mol. The van der Waals surface area contributed by atoms with Crippen molar-refractivity contribution in [3.8, 4) is 11.5 Å². The molecule has 25 heavy (non-hydrogen) atoms. The molecule has 3 rings (SSSR count). The number of rotatable bonds is 7. The molecule has 1 aromatic heterocycles. The Kier molecular flexibility index (Phi) is 5.55. The Balaban J connectivity index is 1.71. The van der Waals surface area contributed by atoms with E-state index in [9.17, 15) is 0 Å². The number of nitrogens with zero attached hydrogens (tertiary/aromatic N) is 2. The van der Waals surface area contributed by atoms with Gasteiger partial charge in [-0.2, -0.15) is 5.10 Å². The van der Waals surface area contributed by atoms with Gasteiger partial charge in [-0.25, -0.2) is 10.1 Å². The summed E-state index contributed by atoms with van der Waals surface area (Å²) in [6.45, 7) is 3.12. The van der Waals surface area contributed by atoms with Crippen LogP contribution in [0.2, 0.25) is 0 Å². The summed E-state index contributed by atoms with van der Waals surface area (Å²) < 4.78 is 12.3. The molecule has 6 nitrogen and oxygen atoms in total. The van der Waals surface area contributed by atoms with Crippen LogP contribution >= 0.6 is 15.9 Å². The Hall–Kier alpha value is -2.54. The highest BCUT2D eigenvalue weighted by molar-refractivity contribution is 9.10. The van der Waals surface area contributed by atoms with E-state index in [0.29, 0.717) is 30.6 Å². The molecule has 2 aromatic carbocycles. The van der Waals surface area contributed by atoms with Crippen molar-refractivity contribution >= 4 is 21.9 Å². The van der Waals surface area contributed by atoms with E-state index in [1.165, 1.54) is 11.9 Å². The molecular weight excluding hydrogens is 384 g/mol. The van der Waals surface area contributed by atoms with Crippen molar-refractivity contribution in [2.75, 3.05) is 12.4 Å². The summed E-state index contributed by atoms with van der Waals surface area (Å²) in [5.74, 6) is 1.99. The van der Waals surface area contributed by atoms with Gasteiger partial charge in [0.05, 0.1) is 7.11 Å². The van der Waals surface area contributed by atoms with E-state index >= 15 is 0 Å². The maximum Gasteiger partial charge on any atom is 0.218 e. The summed E-state index contributed by atoms with van der Waals surface area (Å²) in [6, 6.07) is 12.1. The molecule has 0 saturated heterocycles. The molecule has 0 spiro atoms. The Labute approximate surface area is 154 Å². The number of H-pyrrole nitrogens is 1. The van der Waals surface area contributed by atoms with Crippen LogP contribution in [0.15, 0.2) is 47.2 Å². The first kappa shape index (κ1) is 17.3. The van der Waals surface area contributed by atoms with Gasteiger partial charge in [-0.1, -0.05) is 45.8 Å². The standard InChI is InChI=1S/C18H19BrN4O2/c1-12-3-5-13(6-4-12)10-25-17-8-15(19)14(7-16(17)24-2)9-20-18-21-11-22-23-18/h3-8,11H,9-10H2,1-2H3,(H2,20,21,22,23). The topological polar surface area (TPSA) is 72.1 Å². The van der Waals surface area contributed by atoms with Gasteiger partial charge in [-0.05, 0) is 30.2 Å². The van der Waals surface area contributed by atoms with Gasteiger partial charge in [0, 0.05) is 11.0 Å². The number of aromatic amines is 1. The third-order valence-electron chi connectivity index (χ3n) is 3.71. The van der Waals surface area contributed by atoms with Gasteiger partial charge in [-0.3, -0.25) is 0 Å². The van der Waals surface area contributed by atoms with E-state index < -0.39 is 0 Å². The molecule has 0 radical (unpaired) electrons. The lowest BCUT2D eigenvalue weighted by Crippen LogP contribution is -2.04. The Morgan fingerprint density at radius 2 is 1.96 bits per heavy atom. The van der Waals surface area contributed by atoms with E-state index in [2.05, 4.69) is 67.6 Å². The predicted molar refractivity (Wildman–Crippen MR) is 99.9 cm³/mol. The minimum absolute atomic E-state index is 0.485. The number of hydrogen-bond donors (Lipinski definition) is 2. The molecule has 0 aliphatic rings. The fraction of sp³-hybridized carbons (Fsp3) is 0.222. The summed E-state index contributed by atoms with van der Waals surface area (Å²) in [5, 5.41) is 9.73. The molecule has 7 heteroatoms. The van der Waals surface area contributed by atoms with Crippen molar-refractivity contribution in [2.45, 2.75) is 20.1 Å². The van der Waals surface area contributed by atoms with Crippen LogP contribution in [0.5, 0.6) is 11.5 Å². The Bertz CT molecular complexity index is 820. The fourth-order valence-electron chi connectivity index (χ4n) is 2.30. The van der Waals surface area contributed by atoms with Crippen LogP contribution in [0.25, 0.3) is 0 Å². The molecule has 0 amide bonds. The Morgan fingerprint density at radius 3 is 2.64 bits per heavy atom. The molecule has 2 N–H and O–H groups in total. The summed E-state index contributed by atoms with van der Waals surface area (Å²) in [4.78, 5) is 4.04. The summed E-state index contributed by atoms with van der Waals surface area (Å²) in [5.41, 5.74) is 3.36. The van der Waals surface area contributed by atoms with Gasteiger partial charge >= 0.3 is 0 Å². The van der Waals surface area contributed by atoms with Gasteiger partial charge in [0.15, 0.2) is 11.5 Å². The van der Waals surface area contributed by atoms with Crippen molar-refractivity contribution in [1.82, 2.24) is 15.2 Å². The molecule has 0 aliphatic carbocycles. The largest absolute Gasteiger partial charge is 0.493 e. The van der Waals surface area contributed by atoms with Crippen LogP contribution < -0.4 is 14.8 Å². The first-order valence-corrected chi connectivity index (χ1v) is 8.59. The molecule has 3 aromatic rings. The zero-order valence-electron chi connectivity index (χ0n) is 14.0. The second-order valence-corrected chi connectivity index (χ2v) is 6.41. The second-order valence-electron chi connectivity index (χ2n) is 5.56. The lowest BCUT2D eigenvalue weighted by Gasteiger charge is -2.14. The quantitative estimate of drug-likeness (QED) is 0.622. The van der Waals surface area contributed by atoms with Gasteiger partial charge in [-0.15, -0.1) is 0 Å². The average Bonchev–Trinajstić information content (AvgIpc) is 3.14. The SMILES string of the molecule is COc1cc(CNc2ncn[nH]2)c(Br)cc1OCc1ccc(C)cc1. The van der Waals surface area contributed by atoms with Crippen molar-refractivity contribution in [1.29, 1.82) is 0 Å². The normalized spacial score (nSPS) is 10.5.